The molecular formula is C25H35N7O4. The molecule has 3 fully saturated rings. The van der Waals surface area contributed by atoms with Crippen molar-refractivity contribution in [2.75, 3.05) is 25.1 Å². The van der Waals surface area contributed by atoms with Gasteiger partial charge in [0.25, 0.3) is 0 Å². The fourth-order valence-corrected chi connectivity index (χ4v) is 5.37. The van der Waals surface area contributed by atoms with E-state index in [1.807, 2.05) is 17.8 Å². The molecule has 0 aromatic carbocycles. The summed E-state index contributed by atoms with van der Waals surface area (Å²) >= 11 is 0. The minimum absolute atomic E-state index is 0.0618. The number of carbonyl (C=O) groups is 1. The average molecular weight is 498 g/mol. The molecule has 11 heteroatoms. The van der Waals surface area contributed by atoms with Crippen molar-refractivity contribution >= 4 is 23.3 Å². The fourth-order valence-electron chi connectivity index (χ4n) is 5.37. The Hall–Kier alpha value is -2.92. The maximum absolute atomic E-state index is 12.2. The Balaban J connectivity index is 1.10. The van der Waals surface area contributed by atoms with Crippen LogP contribution >= 0.6 is 0 Å². The molecule has 194 valence electrons. The zero-order valence-electron chi connectivity index (χ0n) is 21.0. The van der Waals surface area contributed by atoms with E-state index in [9.17, 15) is 4.79 Å². The molecule has 2 aliphatic carbocycles. The number of ether oxygens (including phenoxy) is 3. The Morgan fingerprint density at radius 2 is 2.22 bits per heavy atom. The molecule has 2 aromatic rings. The minimum atomic E-state index is -0.295. The van der Waals surface area contributed by atoms with Gasteiger partial charge < -0.3 is 24.8 Å². The van der Waals surface area contributed by atoms with Crippen LogP contribution in [0.15, 0.2) is 11.1 Å². The lowest BCUT2D eigenvalue weighted by Crippen LogP contribution is -2.36. The van der Waals surface area contributed by atoms with Crippen molar-refractivity contribution in [1.82, 2.24) is 25.3 Å². The number of aryl methyl sites for hydroxylation is 1. The second kappa shape index (κ2) is 9.51. The first-order chi connectivity index (χ1) is 17.5. The van der Waals surface area contributed by atoms with Crippen LogP contribution in [0.2, 0.25) is 0 Å². The fraction of sp³-hybridized carbons (Fsp3) is 0.680. The number of hydrogen-bond donors (Lipinski definition) is 3. The van der Waals surface area contributed by atoms with E-state index < -0.39 is 0 Å². The molecule has 4 heterocycles. The van der Waals surface area contributed by atoms with Crippen LogP contribution in [0, 0.1) is 0 Å². The lowest BCUT2D eigenvalue weighted by atomic mass is 10.0. The zero-order valence-corrected chi connectivity index (χ0v) is 21.0. The first kappa shape index (κ1) is 23.5. The van der Waals surface area contributed by atoms with Crippen LogP contribution in [-0.2, 0) is 27.9 Å². The summed E-state index contributed by atoms with van der Waals surface area (Å²) < 4.78 is 19.0. The molecular weight excluding hydrogens is 462 g/mol. The van der Waals surface area contributed by atoms with E-state index >= 15 is 0 Å². The van der Waals surface area contributed by atoms with Crippen LogP contribution in [0.3, 0.4) is 0 Å². The van der Waals surface area contributed by atoms with E-state index in [1.54, 1.807) is 0 Å². The molecule has 2 saturated carbocycles. The molecule has 1 saturated heterocycles. The maximum atomic E-state index is 12.2. The summed E-state index contributed by atoms with van der Waals surface area (Å²) in [6.07, 6.45) is 6.16. The van der Waals surface area contributed by atoms with E-state index in [2.05, 4.69) is 27.8 Å². The van der Waals surface area contributed by atoms with Gasteiger partial charge >= 0.3 is 6.09 Å². The standard InChI is InChI=1S/C25H35N7O4/c1-25(7-8-25)28-24(33)36-16-4-3-15(11-16)19-12-21(30-29-19)27-18-5-9-26-22-20(31-32(2)23(18)22)14-35-17-6-10-34-13-17/h12,15-17,26H,3-11,13-14H2,1-2H3,(H,28,33)(H,29,30)/t15-,16+,17?/m0/s1. The van der Waals surface area contributed by atoms with Crippen molar-refractivity contribution in [3.05, 3.63) is 23.1 Å². The third-order valence-electron chi connectivity index (χ3n) is 7.74. The Bertz CT molecular complexity index is 1150. The van der Waals surface area contributed by atoms with Gasteiger partial charge in [0.15, 0.2) is 5.82 Å². The highest BCUT2D eigenvalue weighted by Crippen LogP contribution is 2.38. The lowest BCUT2D eigenvalue weighted by Gasteiger charge is -2.18. The summed E-state index contributed by atoms with van der Waals surface area (Å²) in [5.41, 5.74) is 4.81. The molecule has 36 heavy (non-hydrogen) atoms. The first-order valence-corrected chi connectivity index (χ1v) is 13.1. The van der Waals surface area contributed by atoms with E-state index in [-0.39, 0.29) is 29.8 Å². The van der Waals surface area contributed by atoms with Crippen LogP contribution < -0.4 is 10.6 Å². The number of carbonyl (C=O) groups excluding carboxylic acids is 1. The number of nitrogens with one attached hydrogen (secondary N) is 3. The third-order valence-corrected chi connectivity index (χ3v) is 7.74. The highest BCUT2D eigenvalue weighted by Gasteiger charge is 2.40. The number of anilines is 1. The first-order valence-electron chi connectivity index (χ1n) is 13.1. The molecule has 2 aromatic heterocycles. The molecule has 1 unspecified atom stereocenters. The van der Waals surface area contributed by atoms with Crippen molar-refractivity contribution in [3.8, 4) is 0 Å². The van der Waals surface area contributed by atoms with Crippen LogP contribution in [0.4, 0.5) is 16.3 Å². The molecule has 6 rings (SSSR count). The van der Waals surface area contributed by atoms with Gasteiger partial charge in [0, 0.05) is 49.8 Å². The molecule has 0 radical (unpaired) electrons. The Kier molecular flexibility index (Phi) is 6.20. The normalized spacial score (nSPS) is 27.6. The predicted octanol–water partition coefficient (Wildman–Crippen LogP) is 3.30. The van der Waals surface area contributed by atoms with Crippen LogP contribution in [0.5, 0.6) is 0 Å². The van der Waals surface area contributed by atoms with Crippen LogP contribution in [-0.4, -0.2) is 69.3 Å². The number of hydrogen-bond acceptors (Lipinski definition) is 8. The van der Waals surface area contributed by atoms with Gasteiger partial charge in [-0.05, 0) is 45.4 Å². The van der Waals surface area contributed by atoms with E-state index in [1.165, 1.54) is 0 Å². The van der Waals surface area contributed by atoms with E-state index in [0.717, 1.165) is 86.6 Å². The summed E-state index contributed by atoms with van der Waals surface area (Å²) in [7, 11) is 1.94. The summed E-state index contributed by atoms with van der Waals surface area (Å²) in [4.78, 5) is 17.1. The number of aromatic amines is 1. The average Bonchev–Trinajstić information content (AvgIpc) is 3.40. The van der Waals surface area contributed by atoms with E-state index in [4.69, 9.17) is 24.3 Å². The number of alkyl carbamates (subject to hydrolysis) is 1. The molecule has 0 bridgehead atoms. The summed E-state index contributed by atoms with van der Waals surface area (Å²) in [5.74, 6) is 0.947. The van der Waals surface area contributed by atoms with Gasteiger partial charge in [0.1, 0.15) is 17.5 Å². The lowest BCUT2D eigenvalue weighted by molar-refractivity contribution is 0.0302. The van der Waals surface area contributed by atoms with Crippen LogP contribution in [0.25, 0.3) is 0 Å². The van der Waals surface area contributed by atoms with Gasteiger partial charge in [-0.2, -0.15) is 10.2 Å². The molecule has 3 N–H and O–H groups in total. The van der Waals surface area contributed by atoms with Crippen molar-refractivity contribution < 1.29 is 19.0 Å². The van der Waals surface area contributed by atoms with Crippen molar-refractivity contribution in [2.24, 2.45) is 12.0 Å². The number of aliphatic imine (C=N–C) groups is 1. The number of amides is 1. The Labute approximate surface area is 210 Å². The van der Waals surface area contributed by atoms with Gasteiger partial charge in [-0.1, -0.05) is 0 Å². The SMILES string of the molecule is Cn1nc(COC2CCOC2)c2c1C(=Nc1cc([C@H]3CC[C@@H](OC(=O)NC4(C)CC4)C3)[nH]n1)CCN2. The quantitative estimate of drug-likeness (QED) is 0.535. The second-order valence-corrected chi connectivity index (χ2v) is 10.7. The number of aromatic nitrogens is 4. The Morgan fingerprint density at radius 3 is 3.03 bits per heavy atom. The summed E-state index contributed by atoms with van der Waals surface area (Å²) in [6, 6.07) is 2.02. The number of rotatable bonds is 7. The molecule has 2 aliphatic heterocycles. The molecule has 4 aliphatic rings. The molecule has 3 atom stereocenters. The zero-order chi connectivity index (χ0) is 24.7. The number of nitrogens with zero attached hydrogens (tertiary/aromatic N) is 4. The van der Waals surface area contributed by atoms with Gasteiger partial charge in [-0.25, -0.2) is 9.79 Å². The highest BCUT2D eigenvalue weighted by molar-refractivity contribution is 6.06. The van der Waals surface area contributed by atoms with Crippen molar-refractivity contribution in [2.45, 2.75) is 82.1 Å². The van der Waals surface area contributed by atoms with Gasteiger partial charge in [-0.3, -0.25) is 9.78 Å². The molecule has 0 spiro atoms. The van der Waals surface area contributed by atoms with Gasteiger partial charge in [-0.15, -0.1) is 0 Å². The van der Waals surface area contributed by atoms with Gasteiger partial charge in [0.05, 0.1) is 30.7 Å². The van der Waals surface area contributed by atoms with E-state index in [0.29, 0.717) is 19.0 Å². The molecule has 1 amide bonds. The molecule has 11 nitrogen and oxygen atoms in total. The van der Waals surface area contributed by atoms with Crippen molar-refractivity contribution in [1.29, 1.82) is 0 Å². The minimum Gasteiger partial charge on any atom is -0.446 e. The Morgan fingerprint density at radius 1 is 1.33 bits per heavy atom. The van der Waals surface area contributed by atoms with Crippen molar-refractivity contribution in [3.63, 3.8) is 0 Å². The highest BCUT2D eigenvalue weighted by atomic mass is 16.6. The topological polar surface area (TPSA) is 128 Å². The number of H-pyrrole nitrogens is 1. The smallest absolute Gasteiger partial charge is 0.407 e. The monoisotopic (exact) mass is 497 g/mol. The predicted molar refractivity (Wildman–Crippen MR) is 133 cm³/mol. The summed E-state index contributed by atoms with van der Waals surface area (Å²) in [6.45, 7) is 4.70. The second-order valence-electron chi connectivity index (χ2n) is 10.7. The van der Waals surface area contributed by atoms with Gasteiger partial charge in [0.2, 0.25) is 0 Å². The third kappa shape index (κ3) is 4.99. The van der Waals surface area contributed by atoms with Crippen LogP contribution in [0.1, 0.15) is 74.9 Å². The maximum Gasteiger partial charge on any atom is 0.407 e. The number of fused-ring (bicyclic) bond motifs is 1. The summed E-state index contributed by atoms with van der Waals surface area (Å²) in [5, 5.41) is 18.8. The largest absolute Gasteiger partial charge is 0.446 e.